The van der Waals surface area contributed by atoms with Gasteiger partial charge in [0, 0.05) is 12.5 Å². The number of aliphatic hydroxyl groups is 1. The smallest absolute Gasteiger partial charge is 0.251 e. The molecule has 0 spiro atoms. The van der Waals surface area contributed by atoms with Crippen molar-refractivity contribution in [1.29, 1.82) is 0 Å². The Bertz CT molecular complexity index is 593. The van der Waals surface area contributed by atoms with Crippen LogP contribution in [-0.4, -0.2) is 53.1 Å². The van der Waals surface area contributed by atoms with Crippen molar-refractivity contribution in [3.8, 4) is 0 Å². The molecule has 0 aliphatic carbocycles. The number of oxime groups is 1. The summed E-state index contributed by atoms with van der Waals surface area (Å²) in [5.41, 5.74) is 0.816. The van der Waals surface area contributed by atoms with Gasteiger partial charge in [-0.3, -0.25) is 4.79 Å². The molecular formula is C15H18N2O6. The highest BCUT2D eigenvalue weighted by molar-refractivity contribution is 5.88. The molecular weight excluding hydrogens is 304 g/mol. The Hall–Kier alpha value is -2.16. The summed E-state index contributed by atoms with van der Waals surface area (Å²) in [5, 5.41) is 25.0. The number of amides is 1. The van der Waals surface area contributed by atoms with Gasteiger partial charge in [0.2, 0.25) is 5.91 Å². The summed E-state index contributed by atoms with van der Waals surface area (Å²) in [5.74, 6) is -0.553. The minimum absolute atomic E-state index is 0.160. The Morgan fingerprint density at radius 2 is 2.09 bits per heavy atom. The number of hydrogen-bond acceptors (Lipinski definition) is 7. The second kappa shape index (κ2) is 6.53. The lowest BCUT2D eigenvalue weighted by Crippen LogP contribution is -2.64. The first-order chi connectivity index (χ1) is 11.1. The van der Waals surface area contributed by atoms with Gasteiger partial charge in [0.15, 0.2) is 12.4 Å². The SMILES string of the molecule is CC(=O)N[C@H]1C(=NO)O[C@@H]2CO[C@@H](c3ccccc3)O[C@H]2[C@@H]1O. The summed E-state index contributed by atoms with van der Waals surface area (Å²) in [6.45, 7) is 1.46. The summed E-state index contributed by atoms with van der Waals surface area (Å²) in [4.78, 5) is 11.3. The largest absolute Gasteiger partial charge is 0.468 e. The Morgan fingerprint density at radius 3 is 2.74 bits per heavy atom. The van der Waals surface area contributed by atoms with Crippen LogP contribution in [-0.2, 0) is 19.0 Å². The van der Waals surface area contributed by atoms with E-state index in [1.807, 2.05) is 30.3 Å². The third-order valence-electron chi connectivity index (χ3n) is 3.80. The summed E-state index contributed by atoms with van der Waals surface area (Å²) < 4.78 is 16.9. The van der Waals surface area contributed by atoms with E-state index in [2.05, 4.69) is 10.5 Å². The number of fused-ring (bicyclic) bond motifs is 1. The molecule has 1 aromatic carbocycles. The molecule has 0 bridgehead atoms. The molecule has 0 radical (unpaired) electrons. The normalized spacial score (nSPS) is 35.2. The van der Waals surface area contributed by atoms with E-state index in [0.717, 1.165) is 5.56 Å². The van der Waals surface area contributed by atoms with E-state index in [4.69, 9.17) is 19.4 Å². The number of carbonyl (C=O) groups is 1. The van der Waals surface area contributed by atoms with Crippen molar-refractivity contribution >= 4 is 11.8 Å². The van der Waals surface area contributed by atoms with Crippen LogP contribution in [0.5, 0.6) is 0 Å². The lowest BCUT2D eigenvalue weighted by atomic mass is 9.96. The third-order valence-corrected chi connectivity index (χ3v) is 3.80. The Morgan fingerprint density at radius 1 is 1.35 bits per heavy atom. The van der Waals surface area contributed by atoms with Crippen LogP contribution in [0.2, 0.25) is 0 Å². The molecule has 2 saturated heterocycles. The molecule has 1 amide bonds. The van der Waals surface area contributed by atoms with Crippen molar-refractivity contribution in [3.05, 3.63) is 35.9 Å². The van der Waals surface area contributed by atoms with Crippen LogP contribution in [0.4, 0.5) is 0 Å². The van der Waals surface area contributed by atoms with Crippen LogP contribution in [0, 0.1) is 0 Å². The zero-order valence-corrected chi connectivity index (χ0v) is 12.5. The van der Waals surface area contributed by atoms with E-state index in [1.165, 1.54) is 6.92 Å². The standard InChI is InChI=1S/C15H18N2O6/c1-8(18)16-11-12(19)13-10(22-14(11)17-20)7-21-15(23-13)9-5-3-2-4-6-9/h2-6,10-13,15,19-20H,7H2,1H3,(H,16,18)/t10-,11-,12-,13-,15-/m1/s1. The summed E-state index contributed by atoms with van der Waals surface area (Å²) in [6, 6.07) is 8.33. The first kappa shape index (κ1) is 15.7. The minimum Gasteiger partial charge on any atom is -0.468 e. The number of aliphatic hydroxyl groups excluding tert-OH is 1. The van der Waals surface area contributed by atoms with Gasteiger partial charge in [-0.05, 0) is 0 Å². The van der Waals surface area contributed by atoms with Crippen LogP contribution in [0.15, 0.2) is 35.5 Å². The molecule has 124 valence electrons. The fraction of sp³-hybridized carbons (Fsp3) is 0.467. The van der Waals surface area contributed by atoms with Gasteiger partial charge in [-0.25, -0.2) is 0 Å². The number of rotatable bonds is 2. The summed E-state index contributed by atoms with van der Waals surface area (Å²) >= 11 is 0. The van der Waals surface area contributed by atoms with E-state index in [-0.39, 0.29) is 18.4 Å². The number of nitrogens with one attached hydrogen (secondary N) is 1. The second-order valence-electron chi connectivity index (χ2n) is 5.44. The van der Waals surface area contributed by atoms with Crippen molar-refractivity contribution in [2.45, 2.75) is 37.6 Å². The van der Waals surface area contributed by atoms with Gasteiger partial charge in [0.25, 0.3) is 5.90 Å². The van der Waals surface area contributed by atoms with Gasteiger partial charge in [0.1, 0.15) is 18.2 Å². The molecule has 8 heteroatoms. The minimum atomic E-state index is -1.13. The topological polar surface area (TPSA) is 110 Å². The third kappa shape index (κ3) is 3.14. The summed E-state index contributed by atoms with van der Waals surface area (Å²) in [7, 11) is 0. The molecule has 3 rings (SSSR count). The molecule has 0 aromatic heterocycles. The highest BCUT2D eigenvalue weighted by Gasteiger charge is 2.49. The van der Waals surface area contributed by atoms with Gasteiger partial charge >= 0.3 is 0 Å². The Kier molecular flexibility index (Phi) is 4.46. The number of nitrogens with zero attached hydrogens (tertiary/aromatic N) is 1. The zero-order chi connectivity index (χ0) is 16.4. The van der Waals surface area contributed by atoms with Crippen LogP contribution in [0.25, 0.3) is 0 Å². The molecule has 3 N–H and O–H groups in total. The monoisotopic (exact) mass is 322 g/mol. The van der Waals surface area contributed by atoms with Gasteiger partial charge in [-0.2, -0.15) is 0 Å². The molecule has 0 unspecified atom stereocenters. The molecule has 2 aliphatic heterocycles. The lowest BCUT2D eigenvalue weighted by molar-refractivity contribution is -0.281. The molecule has 1 aromatic rings. The predicted octanol–water partition coefficient (Wildman–Crippen LogP) is 0.153. The molecule has 5 atom stereocenters. The number of benzene rings is 1. The van der Waals surface area contributed by atoms with Crippen molar-refractivity contribution in [2.75, 3.05) is 6.61 Å². The lowest BCUT2D eigenvalue weighted by Gasteiger charge is -2.44. The first-order valence-electron chi connectivity index (χ1n) is 7.26. The maximum atomic E-state index is 11.3. The van der Waals surface area contributed by atoms with E-state index in [1.54, 1.807) is 0 Å². The first-order valence-corrected chi connectivity index (χ1v) is 7.26. The maximum Gasteiger partial charge on any atom is 0.251 e. The van der Waals surface area contributed by atoms with Crippen molar-refractivity contribution < 1.29 is 29.3 Å². The van der Waals surface area contributed by atoms with Gasteiger partial charge in [-0.15, -0.1) is 0 Å². The van der Waals surface area contributed by atoms with Crippen LogP contribution in [0.3, 0.4) is 0 Å². The van der Waals surface area contributed by atoms with Gasteiger partial charge in [-0.1, -0.05) is 35.5 Å². The van der Waals surface area contributed by atoms with Gasteiger partial charge < -0.3 is 29.8 Å². The molecule has 2 heterocycles. The van der Waals surface area contributed by atoms with E-state index in [9.17, 15) is 9.90 Å². The molecule has 0 saturated carbocycles. The second-order valence-corrected chi connectivity index (χ2v) is 5.44. The average Bonchev–Trinajstić information content (AvgIpc) is 2.57. The number of ether oxygens (including phenoxy) is 3. The zero-order valence-electron chi connectivity index (χ0n) is 12.5. The molecule has 2 fully saturated rings. The van der Waals surface area contributed by atoms with Crippen molar-refractivity contribution in [2.24, 2.45) is 5.16 Å². The predicted molar refractivity (Wildman–Crippen MR) is 77.7 cm³/mol. The molecule has 8 nitrogen and oxygen atoms in total. The fourth-order valence-electron chi connectivity index (χ4n) is 2.75. The highest BCUT2D eigenvalue weighted by Crippen LogP contribution is 2.32. The number of hydrogen-bond donors (Lipinski definition) is 3. The maximum absolute atomic E-state index is 11.3. The van der Waals surface area contributed by atoms with Crippen LogP contribution in [0.1, 0.15) is 18.8 Å². The molecule has 2 aliphatic rings. The Labute approximate surface area is 132 Å². The van der Waals surface area contributed by atoms with Crippen LogP contribution < -0.4 is 5.32 Å². The van der Waals surface area contributed by atoms with Crippen molar-refractivity contribution in [1.82, 2.24) is 5.32 Å². The fourth-order valence-corrected chi connectivity index (χ4v) is 2.75. The quantitative estimate of drug-likeness (QED) is 0.528. The van der Waals surface area contributed by atoms with E-state index < -0.39 is 30.6 Å². The van der Waals surface area contributed by atoms with Crippen molar-refractivity contribution in [3.63, 3.8) is 0 Å². The van der Waals surface area contributed by atoms with E-state index >= 15 is 0 Å². The number of carbonyl (C=O) groups excluding carboxylic acids is 1. The Balaban J connectivity index is 1.79. The summed E-state index contributed by atoms with van der Waals surface area (Å²) in [6.07, 6.45) is -3.11. The van der Waals surface area contributed by atoms with E-state index in [0.29, 0.717) is 0 Å². The average molecular weight is 322 g/mol. The highest BCUT2D eigenvalue weighted by atomic mass is 16.7. The van der Waals surface area contributed by atoms with Gasteiger partial charge in [0.05, 0.1) is 6.61 Å². The molecule has 23 heavy (non-hydrogen) atoms. The van der Waals surface area contributed by atoms with Crippen LogP contribution >= 0.6 is 0 Å².